The minimum atomic E-state index is -0.0859. The van der Waals surface area contributed by atoms with Gasteiger partial charge in [-0.3, -0.25) is 14.6 Å². The molecule has 0 radical (unpaired) electrons. The smallest absolute Gasteiger partial charge is 0.258 e. The molecule has 130 valence electrons. The SMILES string of the molecule is CN(C(=O)c1ccncc1)c1ccc(CNC(=O)C2CCNC2)cc1. The summed E-state index contributed by atoms with van der Waals surface area (Å²) in [7, 11) is 1.74. The minimum absolute atomic E-state index is 0.0726. The van der Waals surface area contributed by atoms with Crippen LogP contribution in [0.5, 0.6) is 0 Å². The molecular weight excluding hydrogens is 316 g/mol. The first-order valence-corrected chi connectivity index (χ1v) is 8.40. The van der Waals surface area contributed by atoms with E-state index in [4.69, 9.17) is 0 Å². The van der Waals surface area contributed by atoms with Gasteiger partial charge in [0.1, 0.15) is 0 Å². The van der Waals surface area contributed by atoms with Gasteiger partial charge in [0, 0.05) is 43.8 Å². The Bertz CT molecular complexity index is 725. The summed E-state index contributed by atoms with van der Waals surface area (Å²) in [6, 6.07) is 11.0. The first-order chi connectivity index (χ1) is 12.1. The maximum absolute atomic E-state index is 12.4. The molecule has 1 unspecified atom stereocenters. The quantitative estimate of drug-likeness (QED) is 0.868. The molecule has 25 heavy (non-hydrogen) atoms. The summed E-state index contributed by atoms with van der Waals surface area (Å²) in [5.74, 6) is 0.0830. The maximum Gasteiger partial charge on any atom is 0.258 e. The number of nitrogens with zero attached hydrogens (tertiary/aromatic N) is 2. The van der Waals surface area contributed by atoms with Gasteiger partial charge in [0.25, 0.3) is 5.91 Å². The third-order valence-electron chi connectivity index (χ3n) is 4.45. The number of rotatable bonds is 5. The van der Waals surface area contributed by atoms with E-state index in [0.29, 0.717) is 12.1 Å². The Morgan fingerprint density at radius 3 is 2.56 bits per heavy atom. The summed E-state index contributed by atoms with van der Waals surface area (Å²) < 4.78 is 0. The molecule has 1 aromatic carbocycles. The number of pyridine rings is 1. The Hall–Kier alpha value is -2.73. The van der Waals surface area contributed by atoms with Gasteiger partial charge >= 0.3 is 0 Å². The molecule has 2 heterocycles. The molecule has 6 nitrogen and oxygen atoms in total. The normalized spacial score (nSPS) is 16.4. The van der Waals surface area contributed by atoms with Gasteiger partial charge in [0.2, 0.25) is 5.91 Å². The van der Waals surface area contributed by atoms with Crippen LogP contribution in [-0.4, -0.2) is 36.9 Å². The van der Waals surface area contributed by atoms with Gasteiger partial charge in [-0.25, -0.2) is 0 Å². The van der Waals surface area contributed by atoms with Crippen molar-refractivity contribution in [1.29, 1.82) is 0 Å². The Balaban J connectivity index is 1.58. The van der Waals surface area contributed by atoms with E-state index in [1.165, 1.54) is 0 Å². The standard InChI is InChI=1S/C19H22N4O2/c1-23(19(25)15-6-9-20-10-7-15)17-4-2-14(3-5-17)12-22-18(24)16-8-11-21-13-16/h2-7,9-10,16,21H,8,11-13H2,1H3,(H,22,24). The van der Waals surface area contributed by atoms with Crippen LogP contribution in [0.15, 0.2) is 48.8 Å². The van der Waals surface area contributed by atoms with E-state index in [9.17, 15) is 9.59 Å². The average molecular weight is 338 g/mol. The third kappa shape index (κ3) is 4.22. The predicted molar refractivity (Wildman–Crippen MR) is 96.2 cm³/mol. The fraction of sp³-hybridized carbons (Fsp3) is 0.316. The molecule has 1 atom stereocenters. The molecule has 3 rings (SSSR count). The van der Waals surface area contributed by atoms with Crippen molar-refractivity contribution in [2.24, 2.45) is 5.92 Å². The Morgan fingerprint density at radius 1 is 1.20 bits per heavy atom. The minimum Gasteiger partial charge on any atom is -0.352 e. The van der Waals surface area contributed by atoms with Crippen LogP contribution in [0.2, 0.25) is 0 Å². The van der Waals surface area contributed by atoms with Gasteiger partial charge in [-0.1, -0.05) is 12.1 Å². The average Bonchev–Trinajstić information content (AvgIpc) is 3.21. The summed E-state index contributed by atoms with van der Waals surface area (Å²) in [4.78, 5) is 30.0. The monoisotopic (exact) mass is 338 g/mol. The second-order valence-electron chi connectivity index (χ2n) is 6.17. The van der Waals surface area contributed by atoms with Gasteiger partial charge in [-0.05, 0) is 42.8 Å². The Kier molecular flexibility index (Phi) is 5.40. The first-order valence-electron chi connectivity index (χ1n) is 8.40. The molecule has 2 N–H and O–H groups in total. The van der Waals surface area contributed by atoms with Crippen LogP contribution in [0.4, 0.5) is 5.69 Å². The molecule has 1 aliphatic rings. The number of benzene rings is 1. The molecule has 2 aromatic rings. The number of hydrogen-bond acceptors (Lipinski definition) is 4. The number of hydrogen-bond donors (Lipinski definition) is 2. The second kappa shape index (κ2) is 7.90. The summed E-state index contributed by atoms with van der Waals surface area (Å²) in [5, 5.41) is 6.16. The topological polar surface area (TPSA) is 74.3 Å². The Labute approximate surface area is 147 Å². The molecule has 1 saturated heterocycles. The van der Waals surface area contributed by atoms with Crippen LogP contribution >= 0.6 is 0 Å². The molecule has 0 bridgehead atoms. The molecule has 2 amide bonds. The zero-order valence-corrected chi connectivity index (χ0v) is 14.2. The van der Waals surface area contributed by atoms with Crippen molar-refractivity contribution in [1.82, 2.24) is 15.6 Å². The van der Waals surface area contributed by atoms with Crippen LogP contribution in [0.3, 0.4) is 0 Å². The summed E-state index contributed by atoms with van der Waals surface area (Å²) in [6.45, 7) is 2.16. The lowest BCUT2D eigenvalue weighted by Gasteiger charge is -2.18. The number of amides is 2. The van der Waals surface area contributed by atoms with E-state index < -0.39 is 0 Å². The summed E-state index contributed by atoms with van der Waals surface area (Å²) in [5.41, 5.74) is 2.41. The lowest BCUT2D eigenvalue weighted by atomic mass is 10.1. The van der Waals surface area contributed by atoms with Gasteiger partial charge in [-0.15, -0.1) is 0 Å². The van der Waals surface area contributed by atoms with E-state index in [1.807, 2.05) is 24.3 Å². The van der Waals surface area contributed by atoms with E-state index >= 15 is 0 Å². The number of anilines is 1. The highest BCUT2D eigenvalue weighted by molar-refractivity contribution is 6.05. The van der Waals surface area contributed by atoms with Crippen molar-refractivity contribution in [2.75, 3.05) is 25.0 Å². The van der Waals surface area contributed by atoms with Crippen molar-refractivity contribution in [2.45, 2.75) is 13.0 Å². The van der Waals surface area contributed by atoms with E-state index in [-0.39, 0.29) is 17.7 Å². The fourth-order valence-electron chi connectivity index (χ4n) is 2.85. The lowest BCUT2D eigenvalue weighted by Crippen LogP contribution is -2.31. The lowest BCUT2D eigenvalue weighted by molar-refractivity contribution is -0.124. The molecule has 6 heteroatoms. The van der Waals surface area contributed by atoms with Gasteiger partial charge in [-0.2, -0.15) is 0 Å². The van der Waals surface area contributed by atoms with Gasteiger partial charge in [0.15, 0.2) is 0 Å². The van der Waals surface area contributed by atoms with Crippen molar-refractivity contribution in [3.63, 3.8) is 0 Å². The second-order valence-corrected chi connectivity index (χ2v) is 6.17. The first kappa shape index (κ1) is 17.1. The fourth-order valence-corrected chi connectivity index (χ4v) is 2.85. The van der Waals surface area contributed by atoms with Crippen molar-refractivity contribution in [3.05, 3.63) is 59.9 Å². The van der Waals surface area contributed by atoms with Crippen molar-refractivity contribution < 1.29 is 9.59 Å². The van der Waals surface area contributed by atoms with Crippen LogP contribution in [0.25, 0.3) is 0 Å². The van der Waals surface area contributed by atoms with Crippen LogP contribution in [0, 0.1) is 5.92 Å². The van der Waals surface area contributed by atoms with Crippen molar-refractivity contribution >= 4 is 17.5 Å². The van der Waals surface area contributed by atoms with Crippen molar-refractivity contribution in [3.8, 4) is 0 Å². The van der Waals surface area contributed by atoms with E-state index in [1.54, 1.807) is 36.5 Å². The van der Waals surface area contributed by atoms with Gasteiger partial charge in [0.05, 0.1) is 5.92 Å². The molecule has 0 saturated carbocycles. The molecular formula is C19H22N4O2. The third-order valence-corrected chi connectivity index (χ3v) is 4.45. The molecule has 1 aromatic heterocycles. The van der Waals surface area contributed by atoms with Gasteiger partial charge < -0.3 is 15.5 Å². The number of carbonyl (C=O) groups is 2. The van der Waals surface area contributed by atoms with E-state index in [0.717, 1.165) is 30.8 Å². The number of aromatic nitrogens is 1. The zero-order chi connectivity index (χ0) is 17.6. The Morgan fingerprint density at radius 2 is 1.92 bits per heavy atom. The molecule has 1 fully saturated rings. The molecule has 0 spiro atoms. The predicted octanol–water partition coefficient (Wildman–Crippen LogP) is 1.58. The number of nitrogens with one attached hydrogen (secondary N) is 2. The molecule has 0 aliphatic carbocycles. The van der Waals surface area contributed by atoms with Crippen LogP contribution < -0.4 is 15.5 Å². The number of carbonyl (C=O) groups excluding carboxylic acids is 2. The zero-order valence-electron chi connectivity index (χ0n) is 14.2. The van der Waals surface area contributed by atoms with Crippen LogP contribution in [-0.2, 0) is 11.3 Å². The molecule has 1 aliphatic heterocycles. The largest absolute Gasteiger partial charge is 0.352 e. The summed E-state index contributed by atoms with van der Waals surface area (Å²) >= 11 is 0. The highest BCUT2D eigenvalue weighted by Gasteiger charge is 2.21. The maximum atomic E-state index is 12.4. The highest BCUT2D eigenvalue weighted by atomic mass is 16.2. The van der Waals surface area contributed by atoms with E-state index in [2.05, 4.69) is 15.6 Å². The van der Waals surface area contributed by atoms with Crippen LogP contribution in [0.1, 0.15) is 22.3 Å². The highest BCUT2D eigenvalue weighted by Crippen LogP contribution is 2.16. The summed E-state index contributed by atoms with van der Waals surface area (Å²) in [6.07, 6.45) is 4.10.